The number of benzene rings is 2. The van der Waals surface area contributed by atoms with E-state index in [1.165, 1.54) is 12.4 Å². The molecule has 2 aromatic carbocycles. The zero-order valence-corrected chi connectivity index (χ0v) is 23.5. The molecule has 5 rings (SSSR count). The molecule has 0 amide bonds. The normalized spacial score (nSPS) is 15.4. The van der Waals surface area contributed by atoms with E-state index < -0.39 is 18.3 Å². The van der Waals surface area contributed by atoms with Crippen molar-refractivity contribution in [2.45, 2.75) is 44.6 Å². The Morgan fingerprint density at radius 2 is 1.83 bits per heavy atom. The number of alkyl halides is 3. The number of hydrogen-bond acceptors (Lipinski definition) is 8. The molecular weight excluding hydrogens is 565 g/mol. The molecule has 0 fully saturated rings. The minimum absolute atomic E-state index is 0.0806. The van der Waals surface area contributed by atoms with Gasteiger partial charge in [-0.3, -0.25) is 15.0 Å². The van der Waals surface area contributed by atoms with Crippen LogP contribution in [0.5, 0.6) is 0 Å². The largest absolute Gasteiger partial charge is 0.410 e. The van der Waals surface area contributed by atoms with Crippen LogP contribution in [0.4, 0.5) is 24.5 Å². The van der Waals surface area contributed by atoms with Crippen LogP contribution in [0.25, 0.3) is 10.9 Å². The van der Waals surface area contributed by atoms with E-state index in [0.717, 1.165) is 23.9 Å². The number of hydrogen-bond donors (Lipinski definition) is 4. The molecule has 0 saturated carbocycles. The Bertz CT molecular complexity index is 1620. The fourth-order valence-electron chi connectivity index (χ4n) is 4.77. The van der Waals surface area contributed by atoms with Gasteiger partial charge in [-0.05, 0) is 42.7 Å². The zero-order chi connectivity index (χ0) is 29.9. The third kappa shape index (κ3) is 6.05. The van der Waals surface area contributed by atoms with Gasteiger partial charge in [0.1, 0.15) is 12.1 Å². The number of pyridine rings is 2. The van der Waals surface area contributed by atoms with Crippen molar-refractivity contribution in [1.29, 1.82) is 5.26 Å². The van der Waals surface area contributed by atoms with Gasteiger partial charge in [-0.1, -0.05) is 54.9 Å². The standard InChI is InChI=1S/C30H28ClF3N8/c1-3-25(19-8-5-4-6-9-19)39-27-21(14-35)16-37-29-23(27)12-22(13-24(29)31)38-28(20-10-7-11-36-15-20)26-17-42(41-40-26)18(2)30(32,33)34/h4-13,15-18,25,28,38,40-41H,3H2,1-2H3,(H,37,39)/t18?,25-,28+/m1/s1. The molecule has 2 aromatic heterocycles. The minimum Gasteiger partial charge on any atom is -0.377 e. The third-order valence-corrected chi connectivity index (χ3v) is 7.40. The van der Waals surface area contributed by atoms with E-state index in [1.54, 1.807) is 24.5 Å². The Morgan fingerprint density at radius 3 is 2.50 bits per heavy atom. The van der Waals surface area contributed by atoms with Crippen molar-refractivity contribution in [1.82, 2.24) is 25.9 Å². The van der Waals surface area contributed by atoms with Crippen molar-refractivity contribution >= 4 is 33.9 Å². The van der Waals surface area contributed by atoms with Crippen LogP contribution in [0.3, 0.4) is 0 Å². The molecule has 0 spiro atoms. The highest BCUT2D eigenvalue weighted by Crippen LogP contribution is 2.37. The molecule has 1 aliphatic heterocycles. The summed E-state index contributed by atoms with van der Waals surface area (Å²) in [7, 11) is 0. The summed E-state index contributed by atoms with van der Waals surface area (Å²) in [5.74, 6) is 0. The van der Waals surface area contributed by atoms with Gasteiger partial charge in [0.15, 0.2) is 0 Å². The quantitative estimate of drug-likeness (QED) is 0.165. The van der Waals surface area contributed by atoms with Crippen molar-refractivity contribution < 1.29 is 13.2 Å². The van der Waals surface area contributed by atoms with Gasteiger partial charge in [0.2, 0.25) is 0 Å². The summed E-state index contributed by atoms with van der Waals surface area (Å²) in [6.45, 7) is 3.12. The molecule has 4 N–H and O–H groups in total. The lowest BCUT2D eigenvalue weighted by Crippen LogP contribution is -2.48. The van der Waals surface area contributed by atoms with Gasteiger partial charge < -0.3 is 16.1 Å². The van der Waals surface area contributed by atoms with Crippen molar-refractivity contribution in [3.8, 4) is 6.07 Å². The molecule has 12 heteroatoms. The lowest BCUT2D eigenvalue weighted by atomic mass is 10.0. The lowest BCUT2D eigenvalue weighted by Gasteiger charge is -2.25. The van der Waals surface area contributed by atoms with E-state index in [9.17, 15) is 18.4 Å². The summed E-state index contributed by atoms with van der Waals surface area (Å²) in [5, 5.41) is 18.8. The molecule has 1 unspecified atom stereocenters. The van der Waals surface area contributed by atoms with E-state index >= 15 is 0 Å². The molecular formula is C30H28ClF3N8. The average molecular weight is 593 g/mol. The molecule has 0 aliphatic carbocycles. The summed E-state index contributed by atoms with van der Waals surface area (Å²) < 4.78 is 40.2. The van der Waals surface area contributed by atoms with Crippen LogP contribution in [-0.2, 0) is 0 Å². The van der Waals surface area contributed by atoms with E-state index in [4.69, 9.17) is 11.6 Å². The van der Waals surface area contributed by atoms with Gasteiger partial charge in [-0.25, -0.2) is 0 Å². The maximum absolute atomic E-state index is 13.4. The molecule has 216 valence electrons. The molecule has 4 aromatic rings. The minimum atomic E-state index is -4.44. The van der Waals surface area contributed by atoms with Gasteiger partial charge in [-0.15, -0.1) is 5.53 Å². The number of hydrazine groups is 2. The topological polar surface area (TPSA) is 101 Å². The number of anilines is 2. The fourth-order valence-corrected chi connectivity index (χ4v) is 5.04. The first-order chi connectivity index (χ1) is 20.2. The molecule has 8 nitrogen and oxygen atoms in total. The number of fused-ring (bicyclic) bond motifs is 1. The summed E-state index contributed by atoms with van der Waals surface area (Å²) in [6.07, 6.45) is 2.44. The highest BCUT2D eigenvalue weighted by atomic mass is 35.5. The van der Waals surface area contributed by atoms with Gasteiger partial charge in [0.05, 0.1) is 39.6 Å². The van der Waals surface area contributed by atoms with E-state index in [-0.39, 0.29) is 6.04 Å². The maximum atomic E-state index is 13.4. The predicted molar refractivity (Wildman–Crippen MR) is 157 cm³/mol. The monoisotopic (exact) mass is 592 g/mol. The molecule has 0 bridgehead atoms. The number of nitrogens with one attached hydrogen (secondary N) is 4. The molecule has 0 radical (unpaired) electrons. The van der Waals surface area contributed by atoms with Gasteiger partial charge in [0, 0.05) is 35.9 Å². The first-order valence-electron chi connectivity index (χ1n) is 13.3. The van der Waals surface area contributed by atoms with E-state index in [2.05, 4.69) is 44.6 Å². The lowest BCUT2D eigenvalue weighted by molar-refractivity contribution is -0.178. The van der Waals surface area contributed by atoms with Gasteiger partial charge in [0.25, 0.3) is 0 Å². The fraction of sp³-hybridized carbons (Fsp3) is 0.233. The first kappa shape index (κ1) is 29.0. The van der Waals surface area contributed by atoms with Crippen LogP contribution in [0, 0.1) is 11.3 Å². The summed E-state index contributed by atoms with van der Waals surface area (Å²) in [5.41, 5.74) is 9.67. The van der Waals surface area contributed by atoms with E-state index in [0.29, 0.717) is 44.1 Å². The number of aromatic nitrogens is 2. The van der Waals surface area contributed by atoms with Gasteiger partial charge >= 0.3 is 6.18 Å². The van der Waals surface area contributed by atoms with Crippen LogP contribution in [0.15, 0.2) is 85.1 Å². The summed E-state index contributed by atoms with van der Waals surface area (Å²) >= 11 is 6.72. The van der Waals surface area contributed by atoms with Crippen LogP contribution in [0.2, 0.25) is 5.02 Å². The van der Waals surface area contributed by atoms with Crippen LogP contribution < -0.4 is 21.6 Å². The number of halogens is 4. The Kier molecular flexibility index (Phi) is 8.38. The Hall–Kier alpha value is -4.53. The SMILES string of the molecule is CC[C@@H](Nc1c(C#N)cnc2c(Cl)cc(N[C@H](C3=CN(C(C)C(F)(F)F)NN3)c3cccnc3)cc12)c1ccccc1. The second kappa shape index (κ2) is 12.1. The van der Waals surface area contributed by atoms with Crippen LogP contribution in [0.1, 0.15) is 49.0 Å². The van der Waals surface area contributed by atoms with Crippen LogP contribution >= 0.6 is 11.6 Å². The average Bonchev–Trinajstić information content (AvgIpc) is 3.48. The second-order valence-electron chi connectivity index (χ2n) is 9.84. The third-order valence-electron chi connectivity index (χ3n) is 7.11. The highest BCUT2D eigenvalue weighted by Gasteiger charge is 2.41. The van der Waals surface area contributed by atoms with E-state index in [1.807, 2.05) is 42.5 Å². The van der Waals surface area contributed by atoms with Crippen molar-refractivity contribution in [2.75, 3.05) is 10.6 Å². The molecule has 42 heavy (non-hydrogen) atoms. The molecule has 1 aliphatic rings. The van der Waals surface area contributed by atoms with Gasteiger partial charge in [-0.2, -0.15) is 18.4 Å². The van der Waals surface area contributed by atoms with Crippen molar-refractivity contribution in [3.63, 3.8) is 0 Å². The van der Waals surface area contributed by atoms with Crippen molar-refractivity contribution in [2.24, 2.45) is 0 Å². The van der Waals surface area contributed by atoms with Crippen molar-refractivity contribution in [3.05, 3.63) is 107 Å². The number of nitriles is 1. The number of nitrogens with zero attached hydrogens (tertiary/aromatic N) is 4. The second-order valence-corrected chi connectivity index (χ2v) is 10.2. The smallest absolute Gasteiger partial charge is 0.377 e. The van der Waals surface area contributed by atoms with Crippen LogP contribution in [-0.4, -0.2) is 27.2 Å². The maximum Gasteiger partial charge on any atom is 0.410 e. The summed E-state index contributed by atoms with van der Waals surface area (Å²) in [6, 6.07) is 16.8. The Labute approximate surface area is 246 Å². The molecule has 0 saturated heterocycles. The Morgan fingerprint density at radius 1 is 1.07 bits per heavy atom. The number of rotatable bonds is 9. The molecule has 3 heterocycles. The Balaban J connectivity index is 1.56. The summed E-state index contributed by atoms with van der Waals surface area (Å²) in [4.78, 5) is 8.64. The highest BCUT2D eigenvalue weighted by molar-refractivity contribution is 6.35. The first-order valence-corrected chi connectivity index (χ1v) is 13.7. The zero-order valence-electron chi connectivity index (χ0n) is 22.7. The predicted octanol–water partition coefficient (Wildman–Crippen LogP) is 6.99. The molecule has 3 atom stereocenters.